The van der Waals surface area contributed by atoms with Crippen molar-refractivity contribution in [3.05, 3.63) is 35.6 Å². The molecule has 1 aromatic rings. The molecule has 102 valence electrons. The molecule has 1 rings (SSSR count). The second-order valence-corrected chi connectivity index (χ2v) is 5.67. The first-order chi connectivity index (χ1) is 8.42. The van der Waals surface area contributed by atoms with E-state index >= 15 is 0 Å². The second-order valence-electron chi connectivity index (χ2n) is 5.03. The molecule has 0 aromatic heterocycles. The van der Waals surface area contributed by atoms with Crippen LogP contribution in [-0.2, 0) is 9.47 Å². The molecule has 0 saturated heterocycles. The lowest BCUT2D eigenvalue weighted by Crippen LogP contribution is -2.22. The van der Waals surface area contributed by atoms with E-state index in [4.69, 9.17) is 9.47 Å². The van der Waals surface area contributed by atoms with E-state index in [0.29, 0.717) is 18.5 Å². The number of ether oxygens (including phenoxy) is 2. The maximum atomic E-state index is 12.8. The fourth-order valence-electron chi connectivity index (χ4n) is 1.45. The Morgan fingerprint density at radius 2 is 1.78 bits per heavy atom. The van der Waals surface area contributed by atoms with Crippen molar-refractivity contribution in [1.29, 1.82) is 0 Å². The Kier molecular flexibility index (Phi) is 6.26. The highest BCUT2D eigenvalue weighted by atomic mass is 79.9. The predicted molar refractivity (Wildman–Crippen MR) is 74.6 cm³/mol. The Hall–Kier alpha value is -0.450. The predicted octanol–water partition coefficient (Wildman–Crippen LogP) is 4.09. The van der Waals surface area contributed by atoms with E-state index in [2.05, 4.69) is 15.9 Å². The van der Waals surface area contributed by atoms with Crippen LogP contribution < -0.4 is 0 Å². The maximum Gasteiger partial charge on any atom is 0.123 e. The van der Waals surface area contributed by atoms with Gasteiger partial charge in [-0.15, -0.1) is 0 Å². The lowest BCUT2D eigenvalue weighted by atomic mass is 10.1. The van der Waals surface area contributed by atoms with Crippen LogP contribution in [-0.4, -0.2) is 24.1 Å². The molecule has 0 N–H and O–H groups in total. The highest BCUT2D eigenvalue weighted by molar-refractivity contribution is 9.09. The van der Waals surface area contributed by atoms with Gasteiger partial charge in [-0.05, 0) is 38.5 Å². The molecule has 0 fully saturated rings. The van der Waals surface area contributed by atoms with Gasteiger partial charge >= 0.3 is 0 Å². The topological polar surface area (TPSA) is 18.5 Å². The van der Waals surface area contributed by atoms with Gasteiger partial charge in [0, 0.05) is 5.33 Å². The molecule has 1 atom stereocenters. The highest BCUT2D eigenvalue weighted by Crippen LogP contribution is 2.20. The van der Waals surface area contributed by atoms with E-state index in [1.54, 1.807) is 12.1 Å². The maximum absolute atomic E-state index is 12.8. The number of hydrogen-bond acceptors (Lipinski definition) is 2. The third kappa shape index (κ3) is 5.94. The zero-order valence-corrected chi connectivity index (χ0v) is 12.7. The van der Waals surface area contributed by atoms with Crippen molar-refractivity contribution in [3.8, 4) is 0 Å². The van der Waals surface area contributed by atoms with Crippen LogP contribution in [0.15, 0.2) is 24.3 Å². The summed E-state index contributed by atoms with van der Waals surface area (Å²) >= 11 is 3.40. The van der Waals surface area contributed by atoms with Gasteiger partial charge < -0.3 is 9.47 Å². The molecule has 0 aliphatic rings. The van der Waals surface area contributed by atoms with Crippen molar-refractivity contribution in [1.82, 2.24) is 0 Å². The average Bonchev–Trinajstić information content (AvgIpc) is 2.29. The van der Waals surface area contributed by atoms with E-state index < -0.39 is 0 Å². The van der Waals surface area contributed by atoms with Gasteiger partial charge in [-0.3, -0.25) is 0 Å². The number of rotatable bonds is 6. The molecule has 0 radical (unpaired) electrons. The molecular weight excluding hydrogens is 299 g/mol. The fraction of sp³-hybridized carbons (Fsp3) is 0.571. The summed E-state index contributed by atoms with van der Waals surface area (Å²) in [4.78, 5) is 0. The normalized spacial score (nSPS) is 13.6. The summed E-state index contributed by atoms with van der Waals surface area (Å²) in [5, 5.41) is 0.675. The summed E-state index contributed by atoms with van der Waals surface area (Å²) in [6.07, 6.45) is -0.0748. The van der Waals surface area contributed by atoms with Crippen LogP contribution in [0.2, 0.25) is 0 Å². The van der Waals surface area contributed by atoms with E-state index in [-0.39, 0.29) is 17.5 Å². The molecule has 0 amide bonds. The highest BCUT2D eigenvalue weighted by Gasteiger charge is 2.13. The smallest absolute Gasteiger partial charge is 0.123 e. The molecule has 4 heteroatoms. The zero-order chi connectivity index (χ0) is 13.6. The Balaban J connectivity index is 2.40. The first kappa shape index (κ1) is 15.6. The average molecular weight is 319 g/mol. The van der Waals surface area contributed by atoms with Crippen LogP contribution in [0.5, 0.6) is 0 Å². The first-order valence-electron chi connectivity index (χ1n) is 5.99. The van der Waals surface area contributed by atoms with E-state index in [9.17, 15) is 4.39 Å². The van der Waals surface area contributed by atoms with Crippen LogP contribution in [0.4, 0.5) is 4.39 Å². The van der Waals surface area contributed by atoms with Gasteiger partial charge in [0.25, 0.3) is 0 Å². The second kappa shape index (κ2) is 7.22. The van der Waals surface area contributed by atoms with Crippen molar-refractivity contribution in [2.24, 2.45) is 0 Å². The molecule has 0 heterocycles. The van der Waals surface area contributed by atoms with Crippen molar-refractivity contribution in [2.45, 2.75) is 32.5 Å². The standard InChI is InChI=1S/C14H20BrFO2/c1-14(2,3)18-9-8-17-13(10-15)11-4-6-12(16)7-5-11/h4-7,13H,8-10H2,1-3H3. The summed E-state index contributed by atoms with van der Waals surface area (Å²) in [6.45, 7) is 7.10. The number of hydrogen-bond donors (Lipinski definition) is 0. The number of alkyl halides is 1. The van der Waals surface area contributed by atoms with Crippen LogP contribution in [0.25, 0.3) is 0 Å². The molecule has 18 heavy (non-hydrogen) atoms. The minimum Gasteiger partial charge on any atom is -0.373 e. The molecule has 0 aliphatic carbocycles. The largest absolute Gasteiger partial charge is 0.373 e. The van der Waals surface area contributed by atoms with E-state index in [1.807, 2.05) is 20.8 Å². The van der Waals surface area contributed by atoms with E-state index in [0.717, 1.165) is 5.56 Å². The lowest BCUT2D eigenvalue weighted by Gasteiger charge is -2.21. The summed E-state index contributed by atoms with van der Waals surface area (Å²) < 4.78 is 24.1. The first-order valence-corrected chi connectivity index (χ1v) is 7.11. The Morgan fingerprint density at radius 3 is 2.28 bits per heavy atom. The molecular formula is C14H20BrFO2. The van der Waals surface area contributed by atoms with Crippen molar-refractivity contribution < 1.29 is 13.9 Å². The van der Waals surface area contributed by atoms with Crippen molar-refractivity contribution >= 4 is 15.9 Å². The fourth-order valence-corrected chi connectivity index (χ4v) is 2.01. The van der Waals surface area contributed by atoms with Crippen molar-refractivity contribution in [2.75, 3.05) is 18.5 Å². The molecule has 0 spiro atoms. The van der Waals surface area contributed by atoms with Gasteiger partial charge in [0.1, 0.15) is 5.82 Å². The monoisotopic (exact) mass is 318 g/mol. The lowest BCUT2D eigenvalue weighted by molar-refractivity contribution is -0.0480. The summed E-state index contributed by atoms with van der Waals surface area (Å²) in [5.74, 6) is -0.233. The molecule has 2 nitrogen and oxygen atoms in total. The summed E-state index contributed by atoms with van der Waals surface area (Å²) in [5.41, 5.74) is 0.812. The van der Waals surface area contributed by atoms with Gasteiger partial charge in [0.15, 0.2) is 0 Å². The number of halogens is 2. The Morgan fingerprint density at radius 1 is 1.17 bits per heavy atom. The Labute approximate surface area is 117 Å². The van der Waals surface area contributed by atoms with Gasteiger partial charge in [-0.2, -0.15) is 0 Å². The molecule has 1 aromatic carbocycles. The minimum atomic E-state index is -0.233. The van der Waals surface area contributed by atoms with Gasteiger partial charge in [0.05, 0.1) is 24.9 Å². The molecule has 0 bridgehead atoms. The zero-order valence-electron chi connectivity index (χ0n) is 11.1. The summed E-state index contributed by atoms with van der Waals surface area (Å²) in [7, 11) is 0. The molecule has 1 unspecified atom stereocenters. The van der Waals surface area contributed by atoms with Gasteiger partial charge in [-0.1, -0.05) is 28.1 Å². The Bertz CT molecular complexity index is 346. The van der Waals surface area contributed by atoms with Crippen LogP contribution >= 0.6 is 15.9 Å². The van der Waals surface area contributed by atoms with Crippen molar-refractivity contribution in [3.63, 3.8) is 0 Å². The van der Waals surface area contributed by atoms with Gasteiger partial charge in [0.2, 0.25) is 0 Å². The van der Waals surface area contributed by atoms with Crippen LogP contribution in [0.1, 0.15) is 32.4 Å². The van der Waals surface area contributed by atoms with Crippen LogP contribution in [0, 0.1) is 5.82 Å². The quantitative estimate of drug-likeness (QED) is 0.581. The molecule has 0 saturated carbocycles. The third-order valence-corrected chi connectivity index (χ3v) is 2.91. The third-order valence-electron chi connectivity index (χ3n) is 2.32. The van der Waals surface area contributed by atoms with Gasteiger partial charge in [-0.25, -0.2) is 4.39 Å². The minimum absolute atomic E-state index is 0.0748. The summed E-state index contributed by atoms with van der Waals surface area (Å²) in [6, 6.07) is 6.37. The van der Waals surface area contributed by atoms with Crippen LogP contribution in [0.3, 0.4) is 0 Å². The number of benzene rings is 1. The molecule has 0 aliphatic heterocycles. The SMILES string of the molecule is CC(C)(C)OCCOC(CBr)c1ccc(F)cc1. The van der Waals surface area contributed by atoms with E-state index in [1.165, 1.54) is 12.1 Å².